The summed E-state index contributed by atoms with van der Waals surface area (Å²) >= 11 is 0. The van der Waals surface area contributed by atoms with Gasteiger partial charge < -0.3 is 4.57 Å². The summed E-state index contributed by atoms with van der Waals surface area (Å²) in [6.07, 6.45) is -4.46. The number of aryl methyl sites for hydroxylation is 1. The van der Waals surface area contributed by atoms with E-state index in [1.807, 2.05) is 120 Å². The summed E-state index contributed by atoms with van der Waals surface area (Å²) in [4.78, 5) is 14.6. The molecule has 50 heavy (non-hydrogen) atoms. The molecule has 0 atom stereocenters. The first-order valence-electron chi connectivity index (χ1n) is 15.9. The molecule has 0 aliphatic heterocycles. The second-order valence-electron chi connectivity index (χ2n) is 12.1. The number of nitrogens with zero attached hydrogens (tertiary/aromatic N) is 5. The van der Waals surface area contributed by atoms with Crippen molar-refractivity contribution in [3.63, 3.8) is 0 Å². The molecule has 0 fully saturated rings. The molecule has 0 radical (unpaired) electrons. The number of nitriles is 1. The Labute approximate surface area is 285 Å². The molecule has 0 bridgehead atoms. The second kappa shape index (κ2) is 12.1. The standard InChI is InChI=1S/C42H26F3N5/c1-26-20-32(22-33(21-26)42(43,44)45)29-18-19-37-35(23-29)34-14-8-9-15-36(34)50(37)38-24-30(16-17-31(38)25-46)41-48-39(27-10-4-2-5-11-27)47-40(49-41)28-12-6-3-7-13-28/h2-24H,1H3. The number of aromatic nitrogens is 4. The van der Waals surface area contributed by atoms with Crippen molar-refractivity contribution in [3.05, 3.63) is 156 Å². The minimum atomic E-state index is -4.46. The van der Waals surface area contributed by atoms with E-state index in [0.717, 1.165) is 39.0 Å². The molecule has 0 aliphatic rings. The molecule has 0 amide bonds. The van der Waals surface area contributed by atoms with Gasteiger partial charge in [0.25, 0.3) is 0 Å². The number of hydrogen-bond acceptors (Lipinski definition) is 4. The van der Waals surface area contributed by atoms with Crippen LogP contribution in [0.25, 0.3) is 72.8 Å². The average molecular weight is 658 g/mol. The molecular weight excluding hydrogens is 631 g/mol. The highest BCUT2D eigenvalue weighted by atomic mass is 19.4. The van der Waals surface area contributed by atoms with Crippen molar-refractivity contribution in [2.24, 2.45) is 0 Å². The Bertz CT molecular complexity index is 2540. The van der Waals surface area contributed by atoms with Gasteiger partial charge in [-0.3, -0.25) is 0 Å². The molecule has 8 heteroatoms. The fourth-order valence-corrected chi connectivity index (χ4v) is 6.41. The fraction of sp³-hybridized carbons (Fsp3) is 0.0476. The van der Waals surface area contributed by atoms with Crippen LogP contribution in [0.1, 0.15) is 16.7 Å². The number of rotatable bonds is 5. The zero-order valence-electron chi connectivity index (χ0n) is 26.6. The van der Waals surface area contributed by atoms with Gasteiger partial charge in [0, 0.05) is 27.5 Å². The van der Waals surface area contributed by atoms with Gasteiger partial charge in [-0.15, -0.1) is 0 Å². The minimum absolute atomic E-state index is 0.439. The molecule has 5 nitrogen and oxygen atoms in total. The molecule has 2 aromatic heterocycles. The van der Waals surface area contributed by atoms with E-state index in [4.69, 9.17) is 15.0 Å². The summed E-state index contributed by atoms with van der Waals surface area (Å²) in [5, 5.41) is 12.1. The first kappa shape index (κ1) is 30.7. The highest BCUT2D eigenvalue weighted by molar-refractivity contribution is 6.10. The van der Waals surface area contributed by atoms with Crippen LogP contribution in [-0.4, -0.2) is 19.5 Å². The van der Waals surface area contributed by atoms with Gasteiger partial charge in [0.1, 0.15) is 6.07 Å². The SMILES string of the molecule is Cc1cc(-c2ccc3c(c2)c2ccccc2n3-c2cc(-c3nc(-c4ccccc4)nc(-c4ccccc4)n3)ccc2C#N)cc(C(F)(F)F)c1. The van der Waals surface area contributed by atoms with E-state index in [1.165, 1.54) is 6.07 Å². The zero-order chi connectivity index (χ0) is 34.4. The number of para-hydroxylation sites is 1. The van der Waals surface area contributed by atoms with Crippen LogP contribution in [0.5, 0.6) is 0 Å². The van der Waals surface area contributed by atoms with Gasteiger partial charge in [-0.05, 0) is 72.1 Å². The van der Waals surface area contributed by atoms with Gasteiger partial charge >= 0.3 is 6.18 Å². The lowest BCUT2D eigenvalue weighted by Crippen LogP contribution is -2.05. The summed E-state index contributed by atoms with van der Waals surface area (Å²) in [5.41, 5.74) is 6.08. The molecule has 0 unspecified atom stereocenters. The minimum Gasteiger partial charge on any atom is -0.308 e. The van der Waals surface area contributed by atoms with E-state index in [1.54, 1.807) is 19.1 Å². The molecule has 0 saturated carbocycles. The number of hydrogen-bond donors (Lipinski definition) is 0. The maximum atomic E-state index is 13.7. The molecule has 0 saturated heterocycles. The number of benzene rings is 6. The third-order valence-corrected chi connectivity index (χ3v) is 8.73. The van der Waals surface area contributed by atoms with Gasteiger partial charge in [0.15, 0.2) is 17.5 Å². The van der Waals surface area contributed by atoms with E-state index in [2.05, 4.69) is 6.07 Å². The average Bonchev–Trinajstić information content (AvgIpc) is 3.48. The lowest BCUT2D eigenvalue weighted by Gasteiger charge is -2.13. The summed E-state index contributed by atoms with van der Waals surface area (Å²) in [6, 6.07) is 44.8. The first-order chi connectivity index (χ1) is 24.3. The highest BCUT2D eigenvalue weighted by Crippen LogP contribution is 2.39. The van der Waals surface area contributed by atoms with Gasteiger partial charge in [-0.2, -0.15) is 18.4 Å². The van der Waals surface area contributed by atoms with E-state index in [0.29, 0.717) is 51.0 Å². The largest absolute Gasteiger partial charge is 0.416 e. The predicted molar refractivity (Wildman–Crippen MR) is 190 cm³/mol. The van der Waals surface area contributed by atoms with Crippen LogP contribution in [-0.2, 0) is 6.18 Å². The van der Waals surface area contributed by atoms with E-state index >= 15 is 0 Å². The lowest BCUT2D eigenvalue weighted by atomic mass is 9.98. The fourth-order valence-electron chi connectivity index (χ4n) is 6.41. The topological polar surface area (TPSA) is 67.4 Å². The lowest BCUT2D eigenvalue weighted by molar-refractivity contribution is -0.137. The van der Waals surface area contributed by atoms with Crippen LogP contribution in [0, 0.1) is 18.3 Å². The molecule has 240 valence electrons. The van der Waals surface area contributed by atoms with E-state index in [-0.39, 0.29) is 0 Å². The Morgan fingerprint density at radius 3 is 1.76 bits per heavy atom. The van der Waals surface area contributed by atoms with Gasteiger partial charge in [-0.25, -0.2) is 15.0 Å². The van der Waals surface area contributed by atoms with Crippen LogP contribution in [0.2, 0.25) is 0 Å². The number of fused-ring (bicyclic) bond motifs is 3. The Morgan fingerprint density at radius 2 is 1.12 bits per heavy atom. The summed E-state index contributed by atoms with van der Waals surface area (Å²) in [5.74, 6) is 1.50. The van der Waals surface area contributed by atoms with Crippen molar-refractivity contribution in [1.82, 2.24) is 19.5 Å². The number of alkyl halides is 3. The molecule has 8 rings (SSSR count). The Hall–Kier alpha value is -6.59. The van der Waals surface area contributed by atoms with Crippen molar-refractivity contribution in [2.45, 2.75) is 13.1 Å². The van der Waals surface area contributed by atoms with Gasteiger partial charge in [0.2, 0.25) is 0 Å². The van der Waals surface area contributed by atoms with Crippen molar-refractivity contribution >= 4 is 21.8 Å². The highest BCUT2D eigenvalue weighted by Gasteiger charge is 2.31. The third-order valence-electron chi connectivity index (χ3n) is 8.73. The normalized spacial score (nSPS) is 11.6. The molecule has 0 aliphatic carbocycles. The second-order valence-corrected chi connectivity index (χ2v) is 12.1. The molecule has 6 aromatic carbocycles. The van der Waals surface area contributed by atoms with Crippen molar-refractivity contribution in [3.8, 4) is 57.0 Å². The predicted octanol–water partition coefficient (Wildman–Crippen LogP) is 10.8. The molecule has 0 N–H and O–H groups in total. The molecular formula is C42H26F3N5. The van der Waals surface area contributed by atoms with Crippen molar-refractivity contribution < 1.29 is 13.2 Å². The Balaban J connectivity index is 1.33. The summed E-state index contributed by atoms with van der Waals surface area (Å²) in [7, 11) is 0. The molecule has 8 aromatic rings. The number of halogens is 3. The maximum absolute atomic E-state index is 13.7. The Morgan fingerprint density at radius 1 is 0.540 bits per heavy atom. The zero-order valence-corrected chi connectivity index (χ0v) is 26.6. The maximum Gasteiger partial charge on any atom is 0.416 e. The van der Waals surface area contributed by atoms with Crippen LogP contribution in [0.3, 0.4) is 0 Å². The quantitative estimate of drug-likeness (QED) is 0.185. The van der Waals surface area contributed by atoms with Crippen molar-refractivity contribution in [2.75, 3.05) is 0 Å². The Kier molecular flexibility index (Phi) is 7.46. The molecule has 0 spiro atoms. The van der Waals surface area contributed by atoms with Crippen LogP contribution in [0.4, 0.5) is 13.2 Å². The molecule has 2 heterocycles. The van der Waals surface area contributed by atoms with Crippen LogP contribution in [0.15, 0.2) is 140 Å². The van der Waals surface area contributed by atoms with Crippen LogP contribution < -0.4 is 0 Å². The van der Waals surface area contributed by atoms with E-state index in [9.17, 15) is 18.4 Å². The third kappa shape index (κ3) is 5.55. The summed E-state index contributed by atoms with van der Waals surface area (Å²) in [6.45, 7) is 1.66. The van der Waals surface area contributed by atoms with Gasteiger partial charge in [0.05, 0.1) is 27.8 Å². The van der Waals surface area contributed by atoms with Crippen LogP contribution >= 0.6 is 0 Å². The van der Waals surface area contributed by atoms with E-state index < -0.39 is 11.7 Å². The monoisotopic (exact) mass is 657 g/mol. The first-order valence-corrected chi connectivity index (χ1v) is 15.9. The van der Waals surface area contributed by atoms with Gasteiger partial charge in [-0.1, -0.05) is 91.0 Å². The van der Waals surface area contributed by atoms with Crippen molar-refractivity contribution in [1.29, 1.82) is 5.26 Å². The summed E-state index contributed by atoms with van der Waals surface area (Å²) < 4.78 is 43.2. The smallest absolute Gasteiger partial charge is 0.308 e.